The monoisotopic (exact) mass is 320 g/mol. The molecule has 1 aromatic carbocycles. The van der Waals surface area contributed by atoms with Gasteiger partial charge in [-0.25, -0.2) is 0 Å². The van der Waals surface area contributed by atoms with Gasteiger partial charge in [-0.3, -0.25) is 4.68 Å². The lowest BCUT2D eigenvalue weighted by atomic mass is 10.2. The first-order valence-electron chi connectivity index (χ1n) is 7.89. The van der Waals surface area contributed by atoms with E-state index in [0.29, 0.717) is 6.61 Å². The highest BCUT2D eigenvalue weighted by Gasteiger charge is 2.36. The molecule has 0 unspecified atom stereocenters. The summed E-state index contributed by atoms with van der Waals surface area (Å²) in [4.78, 5) is 0. The number of rotatable bonds is 6. The molecule has 0 spiro atoms. The average Bonchev–Trinajstić information content (AvgIpc) is 2.78. The number of hydrogen-bond acceptors (Lipinski definition) is 3. The molecule has 2 rings (SSSR count). The molecule has 0 radical (unpaired) electrons. The molecule has 0 bridgehead atoms. The molecular formula is C17H28N2O2Si. The maximum Gasteiger partial charge on any atom is 0.191 e. The van der Waals surface area contributed by atoms with Gasteiger partial charge in [0.05, 0.1) is 18.3 Å². The second kappa shape index (κ2) is 6.42. The van der Waals surface area contributed by atoms with Gasteiger partial charge in [-0.1, -0.05) is 20.8 Å². The van der Waals surface area contributed by atoms with Crippen LogP contribution in [0.5, 0.6) is 5.75 Å². The summed E-state index contributed by atoms with van der Waals surface area (Å²) in [6.45, 7) is 12.8. The fourth-order valence-corrected chi connectivity index (χ4v) is 3.09. The van der Waals surface area contributed by atoms with Gasteiger partial charge in [0.1, 0.15) is 5.75 Å². The van der Waals surface area contributed by atoms with Gasteiger partial charge < -0.3 is 9.16 Å². The highest BCUT2D eigenvalue weighted by atomic mass is 28.4. The Labute approximate surface area is 134 Å². The zero-order valence-corrected chi connectivity index (χ0v) is 15.6. The summed E-state index contributed by atoms with van der Waals surface area (Å²) in [6, 6.07) is 6.08. The Bertz CT molecular complexity index is 629. The Morgan fingerprint density at radius 3 is 2.59 bits per heavy atom. The van der Waals surface area contributed by atoms with Crippen molar-refractivity contribution in [3.05, 3.63) is 24.4 Å². The molecule has 4 nitrogen and oxygen atoms in total. The Morgan fingerprint density at radius 2 is 1.91 bits per heavy atom. The first-order valence-corrected chi connectivity index (χ1v) is 10.8. The fraction of sp³-hybridized carbons (Fsp3) is 0.588. The summed E-state index contributed by atoms with van der Waals surface area (Å²) in [5, 5.41) is 5.64. The Morgan fingerprint density at radius 1 is 1.18 bits per heavy atom. The molecule has 5 heteroatoms. The van der Waals surface area contributed by atoms with Crippen LogP contribution in [0.3, 0.4) is 0 Å². The van der Waals surface area contributed by atoms with E-state index in [0.717, 1.165) is 29.7 Å². The lowest BCUT2D eigenvalue weighted by molar-refractivity contribution is 0.234. The van der Waals surface area contributed by atoms with Gasteiger partial charge in [0.15, 0.2) is 8.32 Å². The summed E-state index contributed by atoms with van der Waals surface area (Å²) in [6.07, 6.45) is 2.78. The molecule has 0 N–H and O–H groups in total. The summed E-state index contributed by atoms with van der Waals surface area (Å²) >= 11 is 0. The third kappa shape index (κ3) is 3.90. The van der Waals surface area contributed by atoms with Crippen molar-refractivity contribution in [3.63, 3.8) is 0 Å². The van der Waals surface area contributed by atoms with Crippen LogP contribution in [-0.4, -0.2) is 31.3 Å². The molecule has 1 heterocycles. The van der Waals surface area contributed by atoms with E-state index in [1.165, 1.54) is 0 Å². The van der Waals surface area contributed by atoms with Crippen LogP contribution in [0.15, 0.2) is 24.4 Å². The molecule has 0 saturated heterocycles. The van der Waals surface area contributed by atoms with Crippen LogP contribution < -0.4 is 4.74 Å². The minimum Gasteiger partial charge on any atom is -0.493 e. The SMILES string of the molecule is Cn1ncc2ccc(OCCCO[Si](C)(C)C(C)(C)C)cc21. The topological polar surface area (TPSA) is 36.3 Å². The van der Waals surface area contributed by atoms with Crippen molar-refractivity contribution >= 4 is 19.2 Å². The van der Waals surface area contributed by atoms with Gasteiger partial charge in [-0.15, -0.1) is 0 Å². The number of nitrogens with zero attached hydrogens (tertiary/aromatic N) is 2. The van der Waals surface area contributed by atoms with Crippen molar-refractivity contribution in [1.82, 2.24) is 9.78 Å². The van der Waals surface area contributed by atoms with Crippen molar-refractivity contribution in [2.45, 2.75) is 45.3 Å². The zero-order valence-electron chi connectivity index (χ0n) is 14.6. The first-order chi connectivity index (χ1) is 10.2. The minimum atomic E-state index is -1.64. The fourth-order valence-electron chi connectivity index (χ4n) is 2.01. The maximum atomic E-state index is 6.15. The minimum absolute atomic E-state index is 0.262. The molecule has 2 aromatic rings. The van der Waals surface area contributed by atoms with Crippen LogP contribution in [0.1, 0.15) is 27.2 Å². The highest BCUT2D eigenvalue weighted by molar-refractivity contribution is 6.74. The highest BCUT2D eigenvalue weighted by Crippen LogP contribution is 2.36. The Balaban J connectivity index is 1.80. The zero-order chi connectivity index (χ0) is 16.4. The van der Waals surface area contributed by atoms with E-state index in [1.54, 1.807) is 0 Å². The van der Waals surface area contributed by atoms with E-state index in [4.69, 9.17) is 9.16 Å². The number of hydrogen-bond donors (Lipinski definition) is 0. The standard InChI is InChI=1S/C17H28N2O2Si/c1-17(2,3)22(5,6)21-11-7-10-20-15-9-8-14-13-18-19(4)16(14)12-15/h8-9,12-13H,7,10-11H2,1-6H3. The van der Waals surface area contributed by atoms with Gasteiger partial charge in [0.25, 0.3) is 0 Å². The number of aromatic nitrogens is 2. The quantitative estimate of drug-likeness (QED) is 0.586. The van der Waals surface area contributed by atoms with Crippen LogP contribution in [-0.2, 0) is 11.5 Å². The average molecular weight is 321 g/mol. The largest absolute Gasteiger partial charge is 0.493 e. The molecule has 0 atom stereocenters. The van der Waals surface area contributed by atoms with E-state index in [2.05, 4.69) is 39.0 Å². The van der Waals surface area contributed by atoms with Gasteiger partial charge in [0, 0.05) is 31.5 Å². The number of aryl methyl sites for hydroxylation is 1. The summed E-state index contributed by atoms with van der Waals surface area (Å²) in [5.41, 5.74) is 1.09. The van der Waals surface area contributed by atoms with Crippen LogP contribution in [0.25, 0.3) is 10.9 Å². The van der Waals surface area contributed by atoms with E-state index in [1.807, 2.05) is 36.1 Å². The normalized spacial score (nSPS) is 12.8. The predicted molar refractivity (Wildman–Crippen MR) is 94.0 cm³/mol. The van der Waals surface area contributed by atoms with Crippen molar-refractivity contribution < 1.29 is 9.16 Å². The molecule has 1 aromatic heterocycles. The van der Waals surface area contributed by atoms with Crippen LogP contribution >= 0.6 is 0 Å². The second-order valence-corrected chi connectivity index (χ2v) is 12.1. The van der Waals surface area contributed by atoms with Gasteiger partial charge in [0.2, 0.25) is 0 Å². The van der Waals surface area contributed by atoms with E-state index in [-0.39, 0.29) is 5.04 Å². The second-order valence-electron chi connectivity index (χ2n) is 7.30. The van der Waals surface area contributed by atoms with E-state index >= 15 is 0 Å². The number of benzene rings is 1. The third-order valence-corrected chi connectivity index (χ3v) is 9.09. The first kappa shape index (κ1) is 17.0. The van der Waals surface area contributed by atoms with E-state index < -0.39 is 8.32 Å². The molecule has 0 aliphatic carbocycles. The molecule has 122 valence electrons. The number of fused-ring (bicyclic) bond motifs is 1. The van der Waals surface area contributed by atoms with Crippen LogP contribution in [0.2, 0.25) is 18.1 Å². The molecular weight excluding hydrogens is 292 g/mol. The lowest BCUT2D eigenvalue weighted by Crippen LogP contribution is -2.41. The van der Waals surface area contributed by atoms with Crippen molar-refractivity contribution in [2.75, 3.05) is 13.2 Å². The van der Waals surface area contributed by atoms with Gasteiger partial charge in [-0.2, -0.15) is 5.10 Å². The van der Waals surface area contributed by atoms with Gasteiger partial charge in [-0.05, 0) is 30.3 Å². The molecule has 0 aliphatic heterocycles. The maximum absolute atomic E-state index is 6.15. The molecule has 0 saturated carbocycles. The third-order valence-electron chi connectivity index (χ3n) is 4.55. The molecule has 0 aliphatic rings. The Hall–Kier alpha value is -1.33. The van der Waals surface area contributed by atoms with Gasteiger partial charge >= 0.3 is 0 Å². The van der Waals surface area contributed by atoms with Crippen LogP contribution in [0, 0.1) is 0 Å². The number of ether oxygens (including phenoxy) is 1. The van der Waals surface area contributed by atoms with E-state index in [9.17, 15) is 0 Å². The summed E-state index contributed by atoms with van der Waals surface area (Å²) in [7, 11) is 0.308. The van der Waals surface area contributed by atoms with Crippen LogP contribution in [0.4, 0.5) is 0 Å². The van der Waals surface area contributed by atoms with Crippen molar-refractivity contribution in [1.29, 1.82) is 0 Å². The molecule has 0 fully saturated rings. The Kier molecular flexibility index (Phi) is 4.97. The molecule has 22 heavy (non-hydrogen) atoms. The predicted octanol–water partition coefficient (Wildman–Crippen LogP) is 4.36. The molecule has 0 amide bonds. The van der Waals surface area contributed by atoms with Crippen molar-refractivity contribution in [2.24, 2.45) is 7.05 Å². The van der Waals surface area contributed by atoms with Crippen molar-refractivity contribution in [3.8, 4) is 5.75 Å². The summed E-state index contributed by atoms with van der Waals surface area (Å²) in [5.74, 6) is 0.892. The lowest BCUT2D eigenvalue weighted by Gasteiger charge is -2.36. The summed E-state index contributed by atoms with van der Waals surface area (Å²) < 4.78 is 13.9. The smallest absolute Gasteiger partial charge is 0.191 e.